The molecular formula is C22H19FN2OS. The minimum atomic E-state index is -0.274. The molecule has 0 spiro atoms. The molecule has 0 fully saturated rings. The van der Waals surface area contributed by atoms with Crippen molar-refractivity contribution in [1.82, 2.24) is 9.88 Å². The van der Waals surface area contributed by atoms with Crippen LogP contribution in [0.4, 0.5) is 4.39 Å². The van der Waals surface area contributed by atoms with Crippen LogP contribution >= 0.6 is 11.3 Å². The first-order valence-corrected chi connectivity index (χ1v) is 9.63. The van der Waals surface area contributed by atoms with E-state index in [9.17, 15) is 4.39 Å². The molecule has 3 nitrogen and oxygen atoms in total. The van der Waals surface area contributed by atoms with Gasteiger partial charge >= 0.3 is 0 Å². The molecule has 0 unspecified atom stereocenters. The fourth-order valence-electron chi connectivity index (χ4n) is 3.03. The highest BCUT2D eigenvalue weighted by Crippen LogP contribution is 2.26. The first-order valence-electron chi connectivity index (χ1n) is 8.75. The van der Waals surface area contributed by atoms with Gasteiger partial charge in [-0.05, 0) is 47.3 Å². The van der Waals surface area contributed by atoms with E-state index in [-0.39, 0.29) is 5.82 Å². The Morgan fingerprint density at radius 2 is 1.85 bits per heavy atom. The molecule has 0 N–H and O–H groups in total. The molecule has 0 amide bonds. The number of hydrogen-bond acceptors (Lipinski definition) is 4. The van der Waals surface area contributed by atoms with Crippen molar-refractivity contribution in [3.05, 3.63) is 100 Å². The van der Waals surface area contributed by atoms with Gasteiger partial charge in [0.15, 0.2) is 0 Å². The van der Waals surface area contributed by atoms with Crippen LogP contribution in [-0.4, -0.2) is 9.88 Å². The van der Waals surface area contributed by atoms with E-state index >= 15 is 0 Å². The quantitative estimate of drug-likeness (QED) is 0.410. The van der Waals surface area contributed by atoms with Crippen LogP contribution in [0, 0.1) is 5.82 Å². The normalized spacial score (nSPS) is 11.2. The van der Waals surface area contributed by atoms with E-state index in [4.69, 9.17) is 4.42 Å². The maximum absolute atomic E-state index is 14.0. The van der Waals surface area contributed by atoms with E-state index in [0.29, 0.717) is 17.9 Å². The van der Waals surface area contributed by atoms with Crippen molar-refractivity contribution in [3.8, 4) is 11.3 Å². The Bertz CT molecular complexity index is 982. The van der Waals surface area contributed by atoms with Crippen molar-refractivity contribution in [1.29, 1.82) is 0 Å². The van der Waals surface area contributed by atoms with Gasteiger partial charge in [0.25, 0.3) is 0 Å². The van der Waals surface area contributed by atoms with Crippen molar-refractivity contribution in [3.63, 3.8) is 0 Å². The highest BCUT2D eigenvalue weighted by molar-refractivity contribution is 7.09. The minimum absolute atomic E-state index is 0.274. The number of halogens is 1. The molecule has 0 aliphatic rings. The molecule has 3 aromatic heterocycles. The number of hydrogen-bond donors (Lipinski definition) is 0. The van der Waals surface area contributed by atoms with E-state index in [1.807, 2.05) is 30.5 Å². The van der Waals surface area contributed by atoms with Gasteiger partial charge < -0.3 is 4.42 Å². The van der Waals surface area contributed by atoms with Crippen LogP contribution in [-0.2, 0) is 19.6 Å². The van der Waals surface area contributed by atoms with Crippen LogP contribution in [0.2, 0.25) is 0 Å². The summed E-state index contributed by atoms with van der Waals surface area (Å²) in [6.07, 6.45) is 3.66. The van der Waals surface area contributed by atoms with Crippen LogP contribution in [0.15, 0.2) is 82.9 Å². The van der Waals surface area contributed by atoms with Crippen molar-refractivity contribution < 1.29 is 8.81 Å². The molecule has 0 atom stereocenters. The Morgan fingerprint density at radius 1 is 0.926 bits per heavy atom. The molecule has 1 aromatic carbocycles. The average molecular weight is 378 g/mol. The maximum Gasteiger partial charge on any atom is 0.137 e. The number of furan rings is 1. The van der Waals surface area contributed by atoms with Gasteiger partial charge in [-0.1, -0.05) is 24.3 Å². The predicted molar refractivity (Wildman–Crippen MR) is 106 cm³/mol. The molecule has 0 aliphatic carbocycles. The lowest BCUT2D eigenvalue weighted by molar-refractivity contribution is 0.229. The number of nitrogens with zero attached hydrogens (tertiary/aromatic N) is 2. The summed E-state index contributed by atoms with van der Waals surface area (Å²) in [5.41, 5.74) is 1.63. The number of rotatable bonds is 7. The Morgan fingerprint density at radius 3 is 2.63 bits per heavy atom. The summed E-state index contributed by atoms with van der Waals surface area (Å²) in [5.74, 6) is 1.10. The third-order valence-corrected chi connectivity index (χ3v) is 5.13. The van der Waals surface area contributed by atoms with Crippen LogP contribution in [0.25, 0.3) is 11.3 Å². The number of aromatic nitrogens is 1. The molecule has 0 saturated carbocycles. The monoisotopic (exact) mass is 378 g/mol. The van der Waals surface area contributed by atoms with Gasteiger partial charge in [0.2, 0.25) is 0 Å². The third kappa shape index (κ3) is 4.51. The molecule has 136 valence electrons. The largest absolute Gasteiger partial charge is 0.460 e. The fourth-order valence-corrected chi connectivity index (χ4v) is 3.78. The van der Waals surface area contributed by atoms with Crippen molar-refractivity contribution in [2.45, 2.75) is 19.6 Å². The van der Waals surface area contributed by atoms with E-state index in [0.717, 1.165) is 24.4 Å². The van der Waals surface area contributed by atoms with Crippen molar-refractivity contribution >= 4 is 11.3 Å². The van der Waals surface area contributed by atoms with Crippen molar-refractivity contribution in [2.24, 2.45) is 0 Å². The molecule has 0 saturated heterocycles. The van der Waals surface area contributed by atoms with Crippen LogP contribution < -0.4 is 0 Å². The van der Waals surface area contributed by atoms with E-state index < -0.39 is 0 Å². The van der Waals surface area contributed by atoms with Crippen LogP contribution in [0.3, 0.4) is 0 Å². The number of pyridine rings is 1. The third-order valence-electron chi connectivity index (χ3n) is 4.27. The maximum atomic E-state index is 14.0. The topological polar surface area (TPSA) is 29.3 Å². The Hall–Kier alpha value is -2.76. The van der Waals surface area contributed by atoms with Gasteiger partial charge in [0.05, 0.1) is 12.1 Å². The van der Waals surface area contributed by atoms with Gasteiger partial charge in [-0.25, -0.2) is 4.39 Å². The summed E-state index contributed by atoms with van der Waals surface area (Å²) in [7, 11) is 0. The van der Waals surface area contributed by atoms with Crippen LogP contribution in [0.5, 0.6) is 0 Å². The van der Waals surface area contributed by atoms with E-state index in [1.54, 1.807) is 29.7 Å². The second-order valence-corrected chi connectivity index (χ2v) is 7.36. The predicted octanol–water partition coefficient (Wildman–Crippen LogP) is 5.74. The second-order valence-electron chi connectivity index (χ2n) is 6.33. The lowest BCUT2D eigenvalue weighted by Gasteiger charge is -2.20. The molecule has 0 aliphatic heterocycles. The van der Waals surface area contributed by atoms with E-state index in [1.165, 1.54) is 10.9 Å². The van der Waals surface area contributed by atoms with Crippen LogP contribution in [0.1, 0.15) is 16.2 Å². The summed E-state index contributed by atoms with van der Waals surface area (Å²) < 4.78 is 20.0. The first-order chi connectivity index (χ1) is 13.3. The van der Waals surface area contributed by atoms with Gasteiger partial charge in [0, 0.05) is 30.4 Å². The molecule has 4 aromatic rings. The standard InChI is InChI=1S/C22H19FN2OS/c23-21-8-2-1-7-20(21)22-10-9-18(26-22)15-25(16-19-6-4-12-27-19)14-17-5-3-11-24-13-17/h1-13H,14-16H2. The summed E-state index contributed by atoms with van der Waals surface area (Å²) in [6, 6.07) is 18.6. The Kier molecular flexibility index (Phi) is 5.42. The number of thiophene rings is 1. The van der Waals surface area contributed by atoms with Gasteiger partial charge in [-0.15, -0.1) is 11.3 Å². The smallest absolute Gasteiger partial charge is 0.137 e. The summed E-state index contributed by atoms with van der Waals surface area (Å²) in [5, 5.41) is 2.08. The zero-order valence-electron chi connectivity index (χ0n) is 14.7. The van der Waals surface area contributed by atoms with Crippen molar-refractivity contribution in [2.75, 3.05) is 0 Å². The zero-order valence-corrected chi connectivity index (χ0v) is 15.5. The molecular weight excluding hydrogens is 359 g/mol. The molecule has 5 heteroatoms. The lowest BCUT2D eigenvalue weighted by atomic mass is 10.1. The second kappa shape index (κ2) is 8.29. The molecule has 4 rings (SSSR count). The summed E-state index contributed by atoms with van der Waals surface area (Å²) in [6.45, 7) is 2.23. The Balaban J connectivity index is 1.53. The summed E-state index contributed by atoms with van der Waals surface area (Å²) in [4.78, 5) is 7.80. The zero-order chi connectivity index (χ0) is 18.5. The number of benzene rings is 1. The summed E-state index contributed by atoms with van der Waals surface area (Å²) >= 11 is 1.74. The fraction of sp³-hybridized carbons (Fsp3) is 0.136. The van der Waals surface area contributed by atoms with E-state index in [2.05, 4.69) is 33.5 Å². The molecule has 3 heterocycles. The first kappa shape index (κ1) is 17.6. The minimum Gasteiger partial charge on any atom is -0.460 e. The highest BCUT2D eigenvalue weighted by Gasteiger charge is 2.14. The Labute approximate surface area is 161 Å². The van der Waals surface area contributed by atoms with Gasteiger partial charge in [-0.2, -0.15) is 0 Å². The average Bonchev–Trinajstić information content (AvgIpc) is 3.35. The van der Waals surface area contributed by atoms with Gasteiger partial charge in [-0.3, -0.25) is 9.88 Å². The SMILES string of the molecule is Fc1ccccc1-c1ccc(CN(Cc2cccnc2)Cc2cccs2)o1. The molecule has 0 bridgehead atoms. The molecule has 27 heavy (non-hydrogen) atoms. The highest BCUT2D eigenvalue weighted by atomic mass is 32.1. The molecule has 0 radical (unpaired) electrons. The van der Waals surface area contributed by atoms with Gasteiger partial charge in [0.1, 0.15) is 17.3 Å². The lowest BCUT2D eigenvalue weighted by Crippen LogP contribution is -2.21.